The summed E-state index contributed by atoms with van der Waals surface area (Å²) in [6.07, 6.45) is 2.35. The van der Waals surface area contributed by atoms with Crippen molar-refractivity contribution in [2.24, 2.45) is 0 Å². The number of esters is 1. The van der Waals surface area contributed by atoms with Crippen LogP contribution in [-0.2, 0) is 16.0 Å². The number of nitrogens with one attached hydrogen (secondary N) is 1. The Hall–Kier alpha value is -2.56. The van der Waals surface area contributed by atoms with Crippen LogP contribution < -0.4 is 5.32 Å². The number of hydrogen-bond donors (Lipinski definition) is 1. The molecule has 0 aliphatic heterocycles. The molecule has 1 N–H and O–H groups in total. The molecule has 22 heavy (non-hydrogen) atoms. The minimum atomic E-state index is -0.653. The first-order valence-corrected chi connectivity index (χ1v) is 7.19. The molecule has 2 rings (SSSR count). The van der Waals surface area contributed by atoms with Crippen LogP contribution in [0.1, 0.15) is 41.6 Å². The molecule has 1 atom stereocenters. The molecule has 0 saturated carbocycles. The highest BCUT2D eigenvalue weighted by molar-refractivity contribution is 5.88. The quantitative estimate of drug-likeness (QED) is 0.833. The first kappa shape index (κ1) is 15.8. The second-order valence-corrected chi connectivity index (χ2v) is 4.94. The summed E-state index contributed by atoms with van der Waals surface area (Å²) in [4.78, 5) is 23.3. The molecule has 0 fully saturated rings. The maximum atomic E-state index is 11.8. The highest BCUT2D eigenvalue weighted by atomic mass is 16.5. The van der Waals surface area contributed by atoms with Crippen LogP contribution in [0.5, 0.6) is 0 Å². The van der Waals surface area contributed by atoms with Crippen LogP contribution in [0.3, 0.4) is 0 Å². The smallest absolute Gasteiger partial charge is 0.374 e. The minimum Gasteiger partial charge on any atom is -0.457 e. The number of hydrogen-bond acceptors (Lipinski definition) is 4. The Morgan fingerprint density at radius 1 is 1.23 bits per heavy atom. The topological polar surface area (TPSA) is 68.5 Å². The second kappa shape index (κ2) is 7.45. The third-order valence-electron chi connectivity index (χ3n) is 3.32. The number of furan rings is 1. The van der Waals surface area contributed by atoms with Crippen molar-refractivity contribution in [2.45, 2.75) is 26.3 Å². The Balaban J connectivity index is 1.81. The van der Waals surface area contributed by atoms with Gasteiger partial charge in [0.05, 0.1) is 12.3 Å². The standard InChI is InChI=1S/C17H19NO4/c1-3-13-6-8-14(9-7-13)12(2)18-16(19)11-22-17(20)15-5-4-10-21-15/h4-10,12H,3,11H2,1-2H3,(H,18,19)/t12-/m0/s1. The molecular formula is C17H19NO4. The number of carbonyl (C=O) groups is 2. The summed E-state index contributed by atoms with van der Waals surface area (Å²) in [6.45, 7) is 3.64. The van der Waals surface area contributed by atoms with E-state index in [0.29, 0.717) is 0 Å². The molecule has 2 aromatic rings. The Morgan fingerprint density at radius 2 is 1.95 bits per heavy atom. The molecule has 1 aromatic heterocycles. The van der Waals surface area contributed by atoms with Crippen molar-refractivity contribution in [1.82, 2.24) is 5.32 Å². The van der Waals surface area contributed by atoms with Crippen LogP contribution in [0.25, 0.3) is 0 Å². The SMILES string of the molecule is CCc1ccc([C@H](C)NC(=O)COC(=O)c2ccco2)cc1. The summed E-state index contributed by atoms with van der Waals surface area (Å²) in [5.74, 6) is -0.928. The van der Waals surface area contributed by atoms with Gasteiger partial charge in [0.25, 0.3) is 5.91 Å². The number of ether oxygens (including phenoxy) is 1. The van der Waals surface area contributed by atoms with Gasteiger partial charge in [-0.2, -0.15) is 0 Å². The highest BCUT2D eigenvalue weighted by Gasteiger charge is 2.14. The zero-order valence-corrected chi connectivity index (χ0v) is 12.7. The third-order valence-corrected chi connectivity index (χ3v) is 3.32. The first-order chi connectivity index (χ1) is 10.6. The van der Waals surface area contributed by atoms with E-state index in [0.717, 1.165) is 12.0 Å². The van der Waals surface area contributed by atoms with Gasteiger partial charge in [0.1, 0.15) is 0 Å². The van der Waals surface area contributed by atoms with Crippen molar-refractivity contribution >= 4 is 11.9 Å². The fourth-order valence-electron chi connectivity index (χ4n) is 2.01. The molecule has 0 bridgehead atoms. The van der Waals surface area contributed by atoms with Gasteiger partial charge in [-0.25, -0.2) is 4.79 Å². The zero-order valence-electron chi connectivity index (χ0n) is 12.7. The van der Waals surface area contributed by atoms with Gasteiger partial charge in [-0.1, -0.05) is 31.2 Å². The second-order valence-electron chi connectivity index (χ2n) is 4.94. The van der Waals surface area contributed by atoms with Crippen LogP contribution in [0.2, 0.25) is 0 Å². The molecule has 5 nitrogen and oxygen atoms in total. The van der Waals surface area contributed by atoms with E-state index in [2.05, 4.69) is 12.2 Å². The van der Waals surface area contributed by atoms with Gasteiger partial charge in [0.2, 0.25) is 5.76 Å². The average Bonchev–Trinajstić information content (AvgIpc) is 3.07. The number of rotatable bonds is 6. The van der Waals surface area contributed by atoms with Crippen LogP contribution >= 0.6 is 0 Å². The van der Waals surface area contributed by atoms with Crippen molar-refractivity contribution in [3.63, 3.8) is 0 Å². The molecule has 1 heterocycles. The Morgan fingerprint density at radius 3 is 2.55 bits per heavy atom. The van der Waals surface area contributed by atoms with Crippen LogP contribution in [-0.4, -0.2) is 18.5 Å². The van der Waals surface area contributed by atoms with Gasteiger partial charge >= 0.3 is 5.97 Å². The lowest BCUT2D eigenvalue weighted by Gasteiger charge is -2.14. The van der Waals surface area contributed by atoms with Crippen molar-refractivity contribution in [1.29, 1.82) is 0 Å². The van der Waals surface area contributed by atoms with Crippen molar-refractivity contribution in [2.75, 3.05) is 6.61 Å². The predicted octanol–water partition coefficient (Wildman–Crippen LogP) is 2.88. The lowest BCUT2D eigenvalue weighted by molar-refractivity contribution is -0.124. The van der Waals surface area contributed by atoms with Gasteiger partial charge in [-0.3, -0.25) is 4.79 Å². The first-order valence-electron chi connectivity index (χ1n) is 7.19. The largest absolute Gasteiger partial charge is 0.457 e. The summed E-state index contributed by atoms with van der Waals surface area (Å²) in [5, 5.41) is 2.79. The van der Waals surface area contributed by atoms with Gasteiger partial charge in [-0.15, -0.1) is 0 Å². The van der Waals surface area contributed by atoms with Crippen molar-refractivity contribution < 1.29 is 18.7 Å². The maximum absolute atomic E-state index is 11.8. The summed E-state index contributed by atoms with van der Waals surface area (Å²) < 4.78 is 9.77. The Kier molecular flexibility index (Phi) is 5.36. The van der Waals surface area contributed by atoms with Gasteiger partial charge in [0, 0.05) is 0 Å². The molecule has 0 aliphatic rings. The van der Waals surface area contributed by atoms with Crippen molar-refractivity contribution in [3.05, 3.63) is 59.5 Å². The third kappa shape index (κ3) is 4.22. The molecular weight excluding hydrogens is 282 g/mol. The lowest BCUT2D eigenvalue weighted by Crippen LogP contribution is -2.31. The van der Waals surface area contributed by atoms with E-state index in [-0.39, 0.29) is 24.3 Å². The van der Waals surface area contributed by atoms with E-state index in [9.17, 15) is 9.59 Å². The normalized spacial score (nSPS) is 11.7. The van der Waals surface area contributed by atoms with Gasteiger partial charge < -0.3 is 14.5 Å². The molecule has 116 valence electrons. The monoisotopic (exact) mass is 301 g/mol. The van der Waals surface area contributed by atoms with Crippen LogP contribution in [0, 0.1) is 0 Å². The Bertz CT molecular complexity index is 617. The van der Waals surface area contributed by atoms with E-state index in [4.69, 9.17) is 9.15 Å². The fourth-order valence-corrected chi connectivity index (χ4v) is 2.01. The number of amides is 1. The molecule has 5 heteroatoms. The molecule has 1 aromatic carbocycles. The van der Waals surface area contributed by atoms with Crippen LogP contribution in [0.4, 0.5) is 0 Å². The summed E-state index contributed by atoms with van der Waals surface area (Å²) >= 11 is 0. The summed E-state index contributed by atoms with van der Waals surface area (Å²) in [6, 6.07) is 11.0. The molecule has 0 saturated heterocycles. The number of carbonyl (C=O) groups excluding carboxylic acids is 2. The van der Waals surface area contributed by atoms with E-state index in [1.54, 1.807) is 6.07 Å². The molecule has 0 aliphatic carbocycles. The predicted molar refractivity (Wildman–Crippen MR) is 81.4 cm³/mol. The maximum Gasteiger partial charge on any atom is 0.374 e. The van der Waals surface area contributed by atoms with E-state index in [1.807, 2.05) is 31.2 Å². The van der Waals surface area contributed by atoms with Gasteiger partial charge in [0.15, 0.2) is 6.61 Å². The molecule has 0 radical (unpaired) electrons. The lowest BCUT2D eigenvalue weighted by atomic mass is 10.1. The Labute approximate surface area is 129 Å². The van der Waals surface area contributed by atoms with E-state index < -0.39 is 5.97 Å². The van der Waals surface area contributed by atoms with Crippen LogP contribution in [0.15, 0.2) is 47.1 Å². The highest BCUT2D eigenvalue weighted by Crippen LogP contribution is 2.13. The fraction of sp³-hybridized carbons (Fsp3) is 0.294. The van der Waals surface area contributed by atoms with Gasteiger partial charge in [-0.05, 0) is 36.6 Å². The van der Waals surface area contributed by atoms with E-state index in [1.165, 1.54) is 17.9 Å². The average molecular weight is 301 g/mol. The molecule has 1 amide bonds. The number of aryl methyl sites for hydroxylation is 1. The molecule has 0 unspecified atom stereocenters. The van der Waals surface area contributed by atoms with E-state index >= 15 is 0 Å². The summed E-state index contributed by atoms with van der Waals surface area (Å²) in [7, 11) is 0. The van der Waals surface area contributed by atoms with Crippen molar-refractivity contribution in [3.8, 4) is 0 Å². The zero-order chi connectivity index (χ0) is 15.9. The number of benzene rings is 1. The summed E-state index contributed by atoms with van der Waals surface area (Å²) in [5.41, 5.74) is 2.25. The minimum absolute atomic E-state index is 0.0796. The molecule has 0 spiro atoms.